The molecule has 0 unspecified atom stereocenters. The van der Waals surface area contributed by atoms with E-state index in [1.807, 2.05) is 60.9 Å². The van der Waals surface area contributed by atoms with Crippen LogP contribution in [0.25, 0.3) is 17.0 Å². The number of aryl methyl sites for hydroxylation is 1. The standard InChI is InChI=1S/C14H15N5/c1-10-9-15-13(17-14(10)18(2)3)12-6-4-5-11-7-8-16-19(11)12/h4-9H,1-3H3. The molecule has 5 heteroatoms. The van der Waals surface area contributed by atoms with Gasteiger partial charge in [-0.15, -0.1) is 0 Å². The van der Waals surface area contributed by atoms with Gasteiger partial charge >= 0.3 is 0 Å². The van der Waals surface area contributed by atoms with Crippen LogP contribution in [0.15, 0.2) is 36.7 Å². The number of nitrogens with zero attached hydrogens (tertiary/aromatic N) is 5. The summed E-state index contributed by atoms with van der Waals surface area (Å²) in [5.74, 6) is 1.61. The van der Waals surface area contributed by atoms with Crippen molar-refractivity contribution in [3.05, 3.63) is 42.2 Å². The highest BCUT2D eigenvalue weighted by molar-refractivity contribution is 5.60. The van der Waals surface area contributed by atoms with Crippen LogP contribution in [0.2, 0.25) is 0 Å². The number of hydrogen-bond acceptors (Lipinski definition) is 4. The fourth-order valence-corrected chi connectivity index (χ4v) is 2.13. The monoisotopic (exact) mass is 253 g/mol. The summed E-state index contributed by atoms with van der Waals surface area (Å²) in [7, 11) is 3.96. The molecule has 0 aromatic carbocycles. The van der Waals surface area contributed by atoms with Crippen LogP contribution in [0.4, 0.5) is 5.82 Å². The van der Waals surface area contributed by atoms with Crippen LogP contribution >= 0.6 is 0 Å². The van der Waals surface area contributed by atoms with E-state index >= 15 is 0 Å². The molecule has 0 amide bonds. The zero-order chi connectivity index (χ0) is 13.4. The predicted octanol–water partition coefficient (Wildman–Crippen LogP) is 2.17. The lowest BCUT2D eigenvalue weighted by atomic mass is 10.3. The second kappa shape index (κ2) is 4.35. The molecule has 0 radical (unpaired) electrons. The van der Waals surface area contributed by atoms with Crippen molar-refractivity contribution in [2.45, 2.75) is 6.92 Å². The van der Waals surface area contributed by atoms with Gasteiger partial charge in [-0.2, -0.15) is 5.10 Å². The van der Waals surface area contributed by atoms with Gasteiger partial charge in [-0.25, -0.2) is 14.5 Å². The molecule has 0 aliphatic heterocycles. The van der Waals surface area contributed by atoms with Crippen LogP contribution in [0.3, 0.4) is 0 Å². The number of hydrogen-bond donors (Lipinski definition) is 0. The van der Waals surface area contributed by atoms with Gasteiger partial charge in [0.2, 0.25) is 0 Å². The topological polar surface area (TPSA) is 46.3 Å². The van der Waals surface area contributed by atoms with E-state index in [-0.39, 0.29) is 0 Å². The second-order valence-corrected chi connectivity index (χ2v) is 4.67. The van der Waals surface area contributed by atoms with Gasteiger partial charge < -0.3 is 4.90 Å². The van der Waals surface area contributed by atoms with Crippen molar-refractivity contribution < 1.29 is 0 Å². The van der Waals surface area contributed by atoms with Crippen LogP contribution < -0.4 is 4.90 Å². The lowest BCUT2D eigenvalue weighted by Crippen LogP contribution is -2.13. The van der Waals surface area contributed by atoms with Crippen molar-refractivity contribution in [2.24, 2.45) is 0 Å². The van der Waals surface area contributed by atoms with E-state index in [0.29, 0.717) is 5.82 Å². The zero-order valence-corrected chi connectivity index (χ0v) is 11.2. The van der Waals surface area contributed by atoms with E-state index < -0.39 is 0 Å². The van der Waals surface area contributed by atoms with Gasteiger partial charge in [0.05, 0.1) is 11.7 Å². The molecule has 0 fully saturated rings. The van der Waals surface area contributed by atoms with Crippen LogP contribution in [0.1, 0.15) is 5.56 Å². The summed E-state index contributed by atoms with van der Waals surface area (Å²) in [5, 5.41) is 4.32. The van der Waals surface area contributed by atoms with E-state index in [2.05, 4.69) is 15.1 Å². The molecule has 3 aromatic rings. The minimum atomic E-state index is 0.684. The Hall–Kier alpha value is -2.43. The van der Waals surface area contributed by atoms with Gasteiger partial charge in [0.25, 0.3) is 0 Å². The first-order valence-electron chi connectivity index (χ1n) is 6.11. The van der Waals surface area contributed by atoms with Gasteiger partial charge in [0.1, 0.15) is 11.5 Å². The Morgan fingerprint density at radius 1 is 1.16 bits per heavy atom. The highest BCUT2D eigenvalue weighted by Crippen LogP contribution is 2.21. The fraction of sp³-hybridized carbons (Fsp3) is 0.214. The molecule has 0 N–H and O–H groups in total. The lowest BCUT2D eigenvalue weighted by Gasteiger charge is -2.15. The van der Waals surface area contributed by atoms with Crippen molar-refractivity contribution in [1.29, 1.82) is 0 Å². The van der Waals surface area contributed by atoms with Gasteiger partial charge in [0.15, 0.2) is 5.82 Å². The summed E-state index contributed by atoms with van der Waals surface area (Å²) in [5.41, 5.74) is 2.99. The molecule has 0 aliphatic carbocycles. The molecule has 3 heterocycles. The molecule has 0 atom stereocenters. The maximum absolute atomic E-state index is 4.63. The quantitative estimate of drug-likeness (QED) is 0.702. The highest BCUT2D eigenvalue weighted by atomic mass is 15.2. The van der Waals surface area contributed by atoms with Gasteiger partial charge in [-0.3, -0.25) is 0 Å². The molecule has 0 saturated carbocycles. The predicted molar refractivity (Wildman–Crippen MR) is 75.3 cm³/mol. The molecule has 5 nitrogen and oxygen atoms in total. The Morgan fingerprint density at radius 3 is 2.79 bits per heavy atom. The van der Waals surface area contributed by atoms with Gasteiger partial charge in [-0.05, 0) is 25.1 Å². The minimum Gasteiger partial charge on any atom is -0.362 e. The Balaban J connectivity index is 2.22. The average Bonchev–Trinajstić information content (AvgIpc) is 2.87. The molecule has 0 spiro atoms. The van der Waals surface area contributed by atoms with Crippen LogP contribution in [0, 0.1) is 6.92 Å². The first-order valence-corrected chi connectivity index (χ1v) is 6.11. The van der Waals surface area contributed by atoms with Crippen LogP contribution in [-0.2, 0) is 0 Å². The molecule has 0 saturated heterocycles. The maximum Gasteiger partial charge on any atom is 0.180 e. The Morgan fingerprint density at radius 2 is 2.00 bits per heavy atom. The maximum atomic E-state index is 4.63. The number of pyridine rings is 1. The zero-order valence-electron chi connectivity index (χ0n) is 11.2. The third-order valence-electron chi connectivity index (χ3n) is 3.02. The lowest BCUT2D eigenvalue weighted by molar-refractivity contribution is 0.940. The number of aromatic nitrogens is 4. The number of rotatable bonds is 2. The number of fused-ring (bicyclic) bond motifs is 1. The van der Waals surface area contributed by atoms with E-state index in [9.17, 15) is 0 Å². The summed E-state index contributed by atoms with van der Waals surface area (Å²) in [6, 6.07) is 7.94. The molecule has 3 aromatic heterocycles. The largest absolute Gasteiger partial charge is 0.362 e. The first kappa shape index (κ1) is 11.6. The molecule has 0 bridgehead atoms. The molecule has 96 valence electrons. The third-order valence-corrected chi connectivity index (χ3v) is 3.02. The number of anilines is 1. The van der Waals surface area contributed by atoms with Gasteiger partial charge in [0, 0.05) is 25.9 Å². The van der Waals surface area contributed by atoms with Crippen molar-refractivity contribution in [1.82, 2.24) is 19.6 Å². The normalized spacial score (nSPS) is 10.9. The Labute approximate surface area is 111 Å². The Kier molecular flexibility index (Phi) is 2.67. The van der Waals surface area contributed by atoms with E-state index in [1.54, 1.807) is 6.20 Å². The molecular weight excluding hydrogens is 238 g/mol. The van der Waals surface area contributed by atoms with Crippen molar-refractivity contribution >= 4 is 11.3 Å². The smallest absolute Gasteiger partial charge is 0.180 e. The summed E-state index contributed by atoms with van der Waals surface area (Å²) in [6.45, 7) is 2.01. The first-order chi connectivity index (χ1) is 9.16. The highest BCUT2D eigenvalue weighted by Gasteiger charge is 2.10. The fourth-order valence-electron chi connectivity index (χ4n) is 2.13. The van der Waals surface area contributed by atoms with Crippen molar-refractivity contribution in [3.63, 3.8) is 0 Å². The van der Waals surface area contributed by atoms with Crippen molar-refractivity contribution in [2.75, 3.05) is 19.0 Å². The van der Waals surface area contributed by atoms with E-state index in [1.165, 1.54) is 0 Å². The molecular formula is C14H15N5. The van der Waals surface area contributed by atoms with Crippen LogP contribution in [-0.4, -0.2) is 33.7 Å². The van der Waals surface area contributed by atoms with E-state index in [4.69, 9.17) is 0 Å². The minimum absolute atomic E-state index is 0.684. The van der Waals surface area contributed by atoms with Gasteiger partial charge in [-0.1, -0.05) is 6.07 Å². The summed E-state index contributed by atoms with van der Waals surface area (Å²) in [4.78, 5) is 11.0. The SMILES string of the molecule is Cc1cnc(-c2cccc3ccnn23)nc1N(C)C. The van der Waals surface area contributed by atoms with Crippen molar-refractivity contribution in [3.8, 4) is 11.5 Å². The Bertz CT molecular complexity index is 730. The summed E-state index contributed by atoms with van der Waals surface area (Å²) >= 11 is 0. The molecule has 3 rings (SSSR count). The average molecular weight is 253 g/mol. The third kappa shape index (κ3) is 1.93. The van der Waals surface area contributed by atoms with Crippen LogP contribution in [0.5, 0.6) is 0 Å². The van der Waals surface area contributed by atoms with E-state index in [0.717, 1.165) is 22.6 Å². The molecule has 0 aliphatic rings. The second-order valence-electron chi connectivity index (χ2n) is 4.67. The molecule has 19 heavy (non-hydrogen) atoms. The summed E-state index contributed by atoms with van der Waals surface area (Å²) < 4.78 is 1.85. The summed E-state index contributed by atoms with van der Waals surface area (Å²) in [6.07, 6.45) is 3.62.